The molecule has 0 N–H and O–H groups in total. The second kappa shape index (κ2) is 8.55. The highest BCUT2D eigenvalue weighted by Gasteiger charge is 2.32. The summed E-state index contributed by atoms with van der Waals surface area (Å²) in [6.45, 7) is 0.924. The Hall–Kier alpha value is -2.13. The molecular formula is C21H17ClF2N2O2S2. The molecule has 1 saturated heterocycles. The van der Waals surface area contributed by atoms with Gasteiger partial charge in [0.05, 0.1) is 11.8 Å². The highest BCUT2D eigenvalue weighted by molar-refractivity contribution is 7.93. The smallest absolute Gasteiger partial charge is 0.175 e. The number of likely N-dealkylation sites (tertiary alicyclic amines) is 1. The fourth-order valence-corrected chi connectivity index (χ4v) is 5.77. The Morgan fingerprint density at radius 1 is 1.13 bits per heavy atom. The molecule has 156 valence electrons. The van der Waals surface area contributed by atoms with Gasteiger partial charge in [0.15, 0.2) is 9.84 Å². The summed E-state index contributed by atoms with van der Waals surface area (Å²) in [5.41, 5.74) is 1.84. The third kappa shape index (κ3) is 4.95. The van der Waals surface area contributed by atoms with E-state index in [0.717, 1.165) is 28.3 Å². The summed E-state index contributed by atoms with van der Waals surface area (Å²) in [5.74, 6) is -2.04. The van der Waals surface area contributed by atoms with Gasteiger partial charge < -0.3 is 0 Å². The van der Waals surface area contributed by atoms with Crippen LogP contribution in [-0.2, 0) is 15.6 Å². The molecule has 0 amide bonds. The van der Waals surface area contributed by atoms with Crippen molar-refractivity contribution in [2.45, 2.75) is 11.8 Å². The van der Waals surface area contributed by atoms with E-state index in [1.165, 1.54) is 16.7 Å². The fourth-order valence-electron chi connectivity index (χ4n) is 3.48. The molecule has 1 aromatic heterocycles. The highest BCUT2D eigenvalue weighted by atomic mass is 35.5. The van der Waals surface area contributed by atoms with Gasteiger partial charge in [0, 0.05) is 41.2 Å². The lowest BCUT2D eigenvalue weighted by Gasteiger charge is -2.39. The molecule has 9 heteroatoms. The van der Waals surface area contributed by atoms with Crippen molar-refractivity contribution in [3.05, 3.63) is 97.8 Å². The summed E-state index contributed by atoms with van der Waals surface area (Å²) in [7, 11) is -3.65. The minimum Gasteiger partial charge on any atom is -0.282 e. The van der Waals surface area contributed by atoms with Crippen molar-refractivity contribution < 1.29 is 17.2 Å². The first-order valence-electron chi connectivity index (χ1n) is 9.05. The van der Waals surface area contributed by atoms with Gasteiger partial charge in [-0.15, -0.1) is 11.3 Å². The first kappa shape index (κ1) is 21.1. The second-order valence-corrected chi connectivity index (χ2v) is 10.3. The summed E-state index contributed by atoms with van der Waals surface area (Å²) >= 11 is 7.53. The predicted molar refractivity (Wildman–Crippen MR) is 114 cm³/mol. The molecule has 3 aromatic rings. The first-order chi connectivity index (χ1) is 14.3. The normalized spacial score (nSPS) is 15.6. The van der Waals surface area contributed by atoms with Gasteiger partial charge in [-0.05, 0) is 41.0 Å². The average molecular weight is 467 g/mol. The van der Waals surface area contributed by atoms with E-state index >= 15 is 0 Å². The third-order valence-electron chi connectivity index (χ3n) is 4.69. The maximum atomic E-state index is 13.3. The van der Waals surface area contributed by atoms with E-state index in [9.17, 15) is 17.2 Å². The Bertz CT molecular complexity index is 1150. The quantitative estimate of drug-likeness (QED) is 0.514. The molecule has 0 bridgehead atoms. The monoisotopic (exact) mass is 466 g/mol. The van der Waals surface area contributed by atoms with E-state index in [4.69, 9.17) is 11.6 Å². The zero-order valence-corrected chi connectivity index (χ0v) is 18.0. The average Bonchev–Trinajstić information content (AvgIpc) is 3.14. The van der Waals surface area contributed by atoms with Crippen molar-refractivity contribution in [1.82, 2.24) is 9.88 Å². The number of sulfone groups is 1. The molecule has 0 aliphatic carbocycles. The maximum absolute atomic E-state index is 13.3. The fraction of sp³-hybridized carbons (Fsp3) is 0.190. The lowest BCUT2D eigenvalue weighted by Crippen LogP contribution is -2.43. The zero-order chi connectivity index (χ0) is 21.3. The number of benzene rings is 2. The Morgan fingerprint density at radius 2 is 1.80 bits per heavy atom. The molecule has 1 aliphatic rings. The Balaban J connectivity index is 1.50. The molecule has 1 aliphatic heterocycles. The summed E-state index contributed by atoms with van der Waals surface area (Å²) in [4.78, 5) is 6.54. The van der Waals surface area contributed by atoms with Crippen molar-refractivity contribution in [1.29, 1.82) is 0 Å². The Labute approximate surface area is 182 Å². The molecule has 1 unspecified atom stereocenters. The third-order valence-corrected chi connectivity index (χ3v) is 7.19. The van der Waals surface area contributed by atoms with Crippen LogP contribution >= 0.6 is 22.9 Å². The summed E-state index contributed by atoms with van der Waals surface area (Å²) in [6, 6.07) is 10.2. The van der Waals surface area contributed by atoms with E-state index in [2.05, 4.69) is 9.88 Å². The van der Waals surface area contributed by atoms with Crippen molar-refractivity contribution in [3.8, 4) is 0 Å². The number of aromatic nitrogens is 1. The van der Waals surface area contributed by atoms with Crippen molar-refractivity contribution in [2.75, 3.05) is 13.1 Å². The SMILES string of the molecule is O=S(=O)(C=C1CN(C(c2ccc(Cl)cc2)c2nccs2)C1)Cc1cc(F)cc(F)c1. The van der Waals surface area contributed by atoms with Gasteiger partial charge in [-0.3, -0.25) is 4.90 Å². The molecule has 4 nitrogen and oxygen atoms in total. The topological polar surface area (TPSA) is 50.3 Å². The molecule has 0 radical (unpaired) electrons. The molecular weight excluding hydrogens is 450 g/mol. The molecule has 2 aromatic carbocycles. The number of hydrogen-bond donors (Lipinski definition) is 0. The van der Waals surface area contributed by atoms with Crippen LogP contribution in [0.2, 0.25) is 5.02 Å². The summed E-state index contributed by atoms with van der Waals surface area (Å²) < 4.78 is 51.6. The summed E-state index contributed by atoms with van der Waals surface area (Å²) in [5, 5.41) is 4.67. The minimum atomic E-state index is -3.65. The van der Waals surface area contributed by atoms with Crippen LogP contribution in [0.3, 0.4) is 0 Å². The van der Waals surface area contributed by atoms with E-state index < -0.39 is 27.2 Å². The predicted octanol–water partition coefficient (Wildman–Crippen LogP) is 4.98. The maximum Gasteiger partial charge on any atom is 0.175 e. The van der Waals surface area contributed by atoms with Crippen LogP contribution in [0.25, 0.3) is 0 Å². The standard InChI is InChI=1S/C21H17ClF2N2O2S2/c22-17-3-1-16(2-4-17)20(21-25-5-6-29-21)26-10-15(11-26)13-30(27,28)12-14-7-18(23)9-19(24)8-14/h1-9,13,20H,10-12H2. The van der Waals surface area contributed by atoms with Gasteiger partial charge in [-0.1, -0.05) is 23.7 Å². The number of rotatable bonds is 6. The van der Waals surface area contributed by atoms with Crippen molar-refractivity contribution >= 4 is 32.8 Å². The van der Waals surface area contributed by atoms with E-state index in [1.807, 2.05) is 29.6 Å². The van der Waals surface area contributed by atoms with Gasteiger partial charge >= 0.3 is 0 Å². The second-order valence-electron chi connectivity index (χ2n) is 7.09. The first-order valence-corrected chi connectivity index (χ1v) is 12.0. The van der Waals surface area contributed by atoms with Crippen LogP contribution in [0.15, 0.2) is 65.0 Å². The van der Waals surface area contributed by atoms with Crippen LogP contribution in [0.5, 0.6) is 0 Å². The van der Waals surface area contributed by atoms with Crippen molar-refractivity contribution in [2.24, 2.45) is 0 Å². The number of halogens is 3. The van der Waals surface area contributed by atoms with Gasteiger partial charge in [-0.2, -0.15) is 0 Å². The zero-order valence-electron chi connectivity index (χ0n) is 15.6. The van der Waals surface area contributed by atoms with E-state index in [0.29, 0.717) is 24.2 Å². The van der Waals surface area contributed by atoms with Crippen molar-refractivity contribution in [3.63, 3.8) is 0 Å². The van der Waals surface area contributed by atoms with Crippen LogP contribution < -0.4 is 0 Å². The van der Waals surface area contributed by atoms with Crippen LogP contribution in [-0.4, -0.2) is 31.4 Å². The molecule has 30 heavy (non-hydrogen) atoms. The molecule has 1 fully saturated rings. The number of hydrogen-bond acceptors (Lipinski definition) is 5. The molecule has 4 rings (SSSR count). The van der Waals surface area contributed by atoms with Crippen LogP contribution in [0.4, 0.5) is 8.78 Å². The highest BCUT2D eigenvalue weighted by Crippen LogP contribution is 2.35. The van der Waals surface area contributed by atoms with Gasteiger partial charge in [0.1, 0.15) is 16.6 Å². The van der Waals surface area contributed by atoms with E-state index in [-0.39, 0.29) is 11.6 Å². The lowest BCUT2D eigenvalue weighted by molar-refractivity contribution is 0.202. The van der Waals surface area contributed by atoms with Crippen LogP contribution in [0.1, 0.15) is 22.2 Å². The molecule has 0 spiro atoms. The lowest BCUT2D eigenvalue weighted by atomic mass is 10.00. The number of thiazole rings is 1. The molecule has 1 atom stereocenters. The molecule has 0 saturated carbocycles. The van der Waals surface area contributed by atoms with Gasteiger partial charge in [0.25, 0.3) is 0 Å². The van der Waals surface area contributed by atoms with Gasteiger partial charge in [-0.25, -0.2) is 22.2 Å². The molecule has 2 heterocycles. The van der Waals surface area contributed by atoms with Gasteiger partial charge in [0.2, 0.25) is 0 Å². The minimum absolute atomic E-state index is 0.0855. The summed E-state index contributed by atoms with van der Waals surface area (Å²) in [6.07, 6.45) is 1.74. The Morgan fingerprint density at radius 3 is 2.40 bits per heavy atom. The largest absolute Gasteiger partial charge is 0.282 e. The van der Waals surface area contributed by atoms with E-state index in [1.54, 1.807) is 6.20 Å². The number of nitrogens with zero attached hydrogens (tertiary/aromatic N) is 2. The van der Waals surface area contributed by atoms with Crippen LogP contribution in [0, 0.1) is 11.6 Å². The Kier molecular flexibility index (Phi) is 6.02.